The highest BCUT2D eigenvalue weighted by molar-refractivity contribution is 7.07. The van der Waals surface area contributed by atoms with Gasteiger partial charge in [-0.1, -0.05) is 6.07 Å². The zero-order valence-corrected chi connectivity index (χ0v) is 19.6. The van der Waals surface area contributed by atoms with Gasteiger partial charge in [0.05, 0.1) is 6.54 Å². The number of benzene rings is 1. The lowest BCUT2D eigenvalue weighted by Gasteiger charge is -2.29. The third-order valence-corrected chi connectivity index (χ3v) is 6.19. The van der Waals surface area contributed by atoms with Gasteiger partial charge in [-0.05, 0) is 44.6 Å². The molecule has 1 aromatic carbocycles. The SMILES string of the molecule is CCn1c(=C(C#N)C(=O)NCC(F)(F)F)sc(=CNc2cccc(NC(=O)CN3CCC3)c2)c1=O. The van der Waals surface area contributed by atoms with E-state index in [9.17, 15) is 32.8 Å². The largest absolute Gasteiger partial charge is 0.405 e. The van der Waals surface area contributed by atoms with Crippen LogP contribution in [0.5, 0.6) is 0 Å². The van der Waals surface area contributed by atoms with E-state index in [1.165, 1.54) is 6.20 Å². The maximum absolute atomic E-state index is 12.8. The molecular formula is C22H23F3N6O3S. The molecule has 0 bridgehead atoms. The average Bonchev–Trinajstić information content (AvgIpc) is 3.08. The Morgan fingerprint density at radius 3 is 2.57 bits per heavy atom. The standard InChI is InChI=1S/C22H23F3N6O3S/c1-2-31-20(34)17(35-21(31)16(10-26)19(33)28-13-22(23,24)25)11-27-14-5-3-6-15(9-14)29-18(32)12-30-7-4-8-30/h3,5-6,9,11,27H,2,4,7-8,12-13H2,1H3,(H,28,33)(H,29,32). The molecule has 13 heteroatoms. The van der Waals surface area contributed by atoms with Crippen molar-refractivity contribution in [3.8, 4) is 6.07 Å². The number of aromatic nitrogens is 1. The van der Waals surface area contributed by atoms with E-state index in [1.807, 2.05) is 4.90 Å². The number of likely N-dealkylation sites (tertiary alicyclic amines) is 1. The number of halogens is 3. The molecule has 2 heterocycles. The summed E-state index contributed by atoms with van der Waals surface area (Å²) in [4.78, 5) is 39.1. The molecule has 0 atom stereocenters. The number of hydrogen-bond donors (Lipinski definition) is 3. The molecule has 0 radical (unpaired) electrons. The maximum Gasteiger partial charge on any atom is 0.405 e. The summed E-state index contributed by atoms with van der Waals surface area (Å²) in [6, 6.07) is 8.43. The molecule has 0 saturated carbocycles. The molecule has 0 spiro atoms. The fraction of sp³-hybridized carbons (Fsp3) is 0.364. The Kier molecular flexibility index (Phi) is 8.31. The number of amides is 2. The van der Waals surface area contributed by atoms with Gasteiger partial charge in [0.1, 0.15) is 21.8 Å². The molecule has 1 fully saturated rings. The Hall–Kier alpha value is -3.63. The Morgan fingerprint density at radius 1 is 1.26 bits per heavy atom. The van der Waals surface area contributed by atoms with Gasteiger partial charge >= 0.3 is 6.18 Å². The highest BCUT2D eigenvalue weighted by atomic mass is 32.1. The molecule has 9 nitrogen and oxygen atoms in total. The smallest absolute Gasteiger partial charge is 0.360 e. The zero-order chi connectivity index (χ0) is 25.6. The van der Waals surface area contributed by atoms with Crippen LogP contribution in [0.25, 0.3) is 11.8 Å². The lowest BCUT2D eigenvalue weighted by molar-refractivity contribution is -0.135. The predicted octanol–water partition coefficient (Wildman–Crippen LogP) is 0.777. The molecule has 0 aliphatic carbocycles. The summed E-state index contributed by atoms with van der Waals surface area (Å²) >= 11 is 0.810. The fourth-order valence-corrected chi connectivity index (χ4v) is 4.32. The van der Waals surface area contributed by atoms with Crippen molar-refractivity contribution < 1.29 is 22.8 Å². The van der Waals surface area contributed by atoms with Gasteiger partial charge in [0.25, 0.3) is 11.5 Å². The second-order valence-corrected chi connectivity index (χ2v) is 8.68. The quantitative estimate of drug-likeness (QED) is 0.485. The minimum atomic E-state index is -4.64. The predicted molar refractivity (Wildman–Crippen MR) is 126 cm³/mol. The molecule has 1 aliphatic rings. The molecule has 3 N–H and O–H groups in total. The van der Waals surface area contributed by atoms with E-state index in [0.29, 0.717) is 17.9 Å². The molecule has 2 amide bonds. The van der Waals surface area contributed by atoms with Crippen LogP contribution in [0, 0.1) is 11.3 Å². The number of carbonyl (C=O) groups excluding carboxylic acids is 2. The summed E-state index contributed by atoms with van der Waals surface area (Å²) in [5.74, 6) is -1.35. The van der Waals surface area contributed by atoms with Crippen LogP contribution in [-0.4, -0.2) is 53.6 Å². The molecule has 3 rings (SSSR count). The number of thiazole rings is 1. The molecule has 1 saturated heterocycles. The topological polar surface area (TPSA) is 119 Å². The number of hydrogen-bond acceptors (Lipinski definition) is 7. The van der Waals surface area contributed by atoms with Crippen molar-refractivity contribution in [2.75, 3.05) is 36.8 Å². The van der Waals surface area contributed by atoms with Crippen molar-refractivity contribution in [3.05, 3.63) is 43.8 Å². The number of carbonyl (C=O) groups is 2. The lowest BCUT2D eigenvalue weighted by Crippen LogP contribution is -2.42. The first-order valence-electron chi connectivity index (χ1n) is 10.7. The Morgan fingerprint density at radius 2 is 1.97 bits per heavy atom. The average molecular weight is 509 g/mol. The van der Waals surface area contributed by atoms with Crippen LogP contribution >= 0.6 is 11.3 Å². The third kappa shape index (κ3) is 6.93. The van der Waals surface area contributed by atoms with Crippen molar-refractivity contribution in [1.82, 2.24) is 14.8 Å². The highest BCUT2D eigenvalue weighted by Gasteiger charge is 2.29. The Bertz CT molecular complexity index is 1320. The number of anilines is 2. The van der Waals surface area contributed by atoms with Crippen molar-refractivity contribution in [2.45, 2.75) is 26.1 Å². The summed E-state index contributed by atoms with van der Waals surface area (Å²) in [5.41, 5.74) is 0.0462. The van der Waals surface area contributed by atoms with Gasteiger partial charge in [-0.25, -0.2) is 0 Å². The molecule has 0 unspecified atom stereocenters. The van der Waals surface area contributed by atoms with E-state index in [-0.39, 0.29) is 21.6 Å². The van der Waals surface area contributed by atoms with Crippen molar-refractivity contribution in [3.63, 3.8) is 0 Å². The lowest BCUT2D eigenvalue weighted by atomic mass is 10.2. The van der Waals surface area contributed by atoms with E-state index in [2.05, 4.69) is 10.6 Å². The zero-order valence-electron chi connectivity index (χ0n) is 18.7. The van der Waals surface area contributed by atoms with Crippen LogP contribution in [0.15, 0.2) is 29.1 Å². The number of rotatable bonds is 8. The van der Waals surface area contributed by atoms with Crippen LogP contribution in [0.1, 0.15) is 13.3 Å². The van der Waals surface area contributed by atoms with Gasteiger partial charge in [0.15, 0.2) is 5.57 Å². The first-order valence-corrected chi connectivity index (χ1v) is 11.5. The Labute approximate surface area is 202 Å². The summed E-state index contributed by atoms with van der Waals surface area (Å²) in [6.45, 7) is 2.24. The van der Waals surface area contributed by atoms with Gasteiger partial charge in [0, 0.05) is 24.1 Å². The fourth-order valence-electron chi connectivity index (χ4n) is 3.24. The molecule has 1 aliphatic heterocycles. The van der Waals surface area contributed by atoms with Crippen molar-refractivity contribution in [2.24, 2.45) is 0 Å². The second kappa shape index (κ2) is 11.2. The summed E-state index contributed by atoms with van der Waals surface area (Å²) in [6.07, 6.45) is -2.17. The van der Waals surface area contributed by atoms with Gasteiger partial charge in [0.2, 0.25) is 5.91 Å². The van der Waals surface area contributed by atoms with Gasteiger partial charge < -0.3 is 16.0 Å². The number of nitrogens with zero attached hydrogens (tertiary/aromatic N) is 3. The van der Waals surface area contributed by atoms with E-state index in [4.69, 9.17) is 0 Å². The van der Waals surface area contributed by atoms with Crippen LogP contribution in [-0.2, 0) is 16.1 Å². The van der Waals surface area contributed by atoms with E-state index < -0.39 is 29.8 Å². The van der Waals surface area contributed by atoms with E-state index in [1.54, 1.807) is 42.6 Å². The van der Waals surface area contributed by atoms with Crippen LogP contribution < -0.4 is 30.7 Å². The number of nitriles is 1. The molecule has 186 valence electrons. The van der Waals surface area contributed by atoms with Crippen molar-refractivity contribution >= 4 is 46.3 Å². The van der Waals surface area contributed by atoms with Gasteiger partial charge in [-0.3, -0.25) is 23.9 Å². The molecule has 2 aromatic rings. The third-order valence-electron chi connectivity index (χ3n) is 5.06. The minimum absolute atomic E-state index is 0.0419. The van der Waals surface area contributed by atoms with Crippen LogP contribution in [0.4, 0.5) is 24.5 Å². The first kappa shape index (κ1) is 26.0. The second-order valence-electron chi connectivity index (χ2n) is 7.65. The van der Waals surface area contributed by atoms with E-state index in [0.717, 1.165) is 35.4 Å². The van der Waals surface area contributed by atoms with Gasteiger partial charge in [-0.15, -0.1) is 11.3 Å². The Balaban J connectivity index is 1.83. The summed E-state index contributed by atoms with van der Waals surface area (Å²) in [7, 11) is 0. The minimum Gasteiger partial charge on any atom is -0.360 e. The normalized spacial score (nSPS) is 15.1. The molecular weight excluding hydrogens is 485 g/mol. The number of nitrogens with one attached hydrogen (secondary N) is 3. The highest BCUT2D eigenvalue weighted by Crippen LogP contribution is 2.16. The number of alkyl halides is 3. The summed E-state index contributed by atoms with van der Waals surface area (Å²) < 4.78 is 38.6. The van der Waals surface area contributed by atoms with Gasteiger partial charge in [-0.2, -0.15) is 18.4 Å². The maximum atomic E-state index is 12.8. The molecule has 35 heavy (non-hydrogen) atoms. The van der Waals surface area contributed by atoms with Crippen LogP contribution in [0.2, 0.25) is 0 Å². The van der Waals surface area contributed by atoms with Crippen LogP contribution in [0.3, 0.4) is 0 Å². The monoisotopic (exact) mass is 508 g/mol. The summed E-state index contributed by atoms with van der Waals surface area (Å²) in [5, 5.41) is 16.8. The molecule has 1 aromatic heterocycles. The van der Waals surface area contributed by atoms with Crippen molar-refractivity contribution in [1.29, 1.82) is 5.26 Å². The van der Waals surface area contributed by atoms with E-state index >= 15 is 0 Å². The first-order chi connectivity index (χ1) is 16.6.